The van der Waals surface area contributed by atoms with Crippen LogP contribution in [0, 0.1) is 4.91 Å². The zero-order chi connectivity index (χ0) is 58.0. The summed E-state index contributed by atoms with van der Waals surface area (Å²) in [6.07, 6.45) is -1.09. The van der Waals surface area contributed by atoms with E-state index in [1.807, 2.05) is 50.2 Å². The molecule has 4 rings (SSSR count). The second-order valence-electron chi connectivity index (χ2n) is 16.0. The van der Waals surface area contributed by atoms with Gasteiger partial charge in [-0.15, -0.1) is 4.91 Å². The Bertz CT molecular complexity index is 2640. The van der Waals surface area contributed by atoms with Gasteiger partial charge in [-0.2, -0.15) is 0 Å². The number of carboxylic acid groups (broad SMARTS) is 1. The molecule has 4 aromatic rings. The number of ether oxygens (including phenoxy) is 4. The van der Waals surface area contributed by atoms with Gasteiger partial charge in [0.1, 0.15) is 28.6 Å². The molecule has 0 bridgehead atoms. The van der Waals surface area contributed by atoms with Crippen LogP contribution in [0.5, 0.6) is 23.0 Å². The smallest absolute Gasteiger partial charge is 0.339 e. The molecule has 3 amide bonds. The zero-order valence-electron chi connectivity index (χ0n) is 44.1. The van der Waals surface area contributed by atoms with Crippen molar-refractivity contribution in [2.75, 3.05) is 38.6 Å². The number of amides is 3. The van der Waals surface area contributed by atoms with Gasteiger partial charge in [0.25, 0.3) is 18.3 Å². The maximum absolute atomic E-state index is 12.8. The molecule has 0 saturated heterocycles. The number of nitrogens with zero attached hydrogens (tertiary/aromatic N) is 1. The molecule has 4 aromatic carbocycles. The number of rotatable bonds is 30. The number of ketones is 2. The number of carboxylic acids is 1. The van der Waals surface area contributed by atoms with Gasteiger partial charge in [-0.05, 0) is 83.1 Å². The van der Waals surface area contributed by atoms with Crippen molar-refractivity contribution >= 4 is 76.4 Å². The predicted molar refractivity (Wildman–Crippen MR) is 285 cm³/mol. The minimum Gasteiger partial charge on any atom is -0.478 e. The molecule has 0 aliphatic carbocycles. The Hall–Kier alpha value is -7.84. The fourth-order valence-corrected chi connectivity index (χ4v) is 8.66. The molecule has 0 radical (unpaired) electrons. The van der Waals surface area contributed by atoms with Crippen molar-refractivity contribution in [3.8, 4) is 23.0 Å². The second kappa shape index (κ2) is 37.0. The van der Waals surface area contributed by atoms with E-state index < -0.39 is 76.0 Å². The average Bonchev–Trinajstić information content (AvgIpc) is 3.40. The third kappa shape index (κ3) is 26.8. The van der Waals surface area contributed by atoms with E-state index in [4.69, 9.17) is 32.3 Å². The van der Waals surface area contributed by atoms with E-state index in [-0.39, 0.29) is 91.4 Å². The number of carbonyl (C=O) groups is 10. The summed E-state index contributed by atoms with van der Waals surface area (Å²) in [5.74, 6) is -5.09. The Morgan fingerprint density at radius 2 is 1.12 bits per heavy atom. The molecule has 0 fully saturated rings. The molecule has 0 aliphatic rings. The molecule has 0 aromatic heterocycles. The van der Waals surface area contributed by atoms with Crippen LogP contribution in [0.25, 0.3) is 0 Å². The number of Topliss-reactive ketones (excluding diaryl/α,β-unsaturated/α-hetero) is 2. The summed E-state index contributed by atoms with van der Waals surface area (Å²) in [6.45, 7) is 12.6. The molecular formula is C53H63N3O20P2. The third-order valence-corrected chi connectivity index (χ3v) is 12.6. The minimum absolute atomic E-state index is 0.0560. The Balaban J connectivity index is 0.000000492. The number of aromatic carboxylic acids is 1. The van der Waals surface area contributed by atoms with Gasteiger partial charge in [-0.25, -0.2) is 9.59 Å². The van der Waals surface area contributed by atoms with Crippen molar-refractivity contribution in [2.45, 2.75) is 86.4 Å². The maximum Gasteiger partial charge on any atom is 0.339 e. The van der Waals surface area contributed by atoms with Gasteiger partial charge in [0.15, 0.2) is 17.7 Å². The van der Waals surface area contributed by atoms with Crippen LogP contribution in [0.15, 0.2) is 102 Å². The second-order valence-corrected chi connectivity index (χ2v) is 19.0. The molecular weight excluding hydrogens is 1060 g/mol. The number of carbonyl (C=O) groups excluding carboxylic acids is 9. The van der Waals surface area contributed by atoms with Crippen molar-refractivity contribution in [3.63, 3.8) is 0 Å². The standard InChI is InChI=1S/C26H30NO10P.C24H27N2O8P.C3H6O2/c1-4-34-26(33)17(2)36-38(37-20-8-6-5-7-9-20)15-14-27-24(30)13-12-22(29)19-10-11-21(25(31)32)23(16-19)35-18(3)28;1-16(2)33-35(34-19-7-5-4-6-8-19)14-13-25-24(30)20-10-9-18(15-22(20)32-17(3)27)21(28)11-12-23(29)26-31;1-2-5-3-4/h5-11,16-17H,4,12-15H2,1-3H3,(H,27,30)(H,31,32);4-10,15-16H,11-14H2,1-3H3,(H,25,30);3H,2H2,1H3/t17-,38?;;/m0../s1. The van der Waals surface area contributed by atoms with Crippen LogP contribution in [0.3, 0.4) is 0 Å². The Labute approximate surface area is 453 Å². The lowest BCUT2D eigenvalue weighted by Crippen LogP contribution is -2.28. The fraction of sp³-hybridized carbons (Fsp3) is 0.358. The Morgan fingerprint density at radius 3 is 1.56 bits per heavy atom. The molecule has 0 heterocycles. The lowest BCUT2D eigenvalue weighted by Gasteiger charge is -2.21. The van der Waals surface area contributed by atoms with Crippen molar-refractivity contribution in [2.24, 2.45) is 5.18 Å². The number of para-hydroxylation sites is 2. The van der Waals surface area contributed by atoms with Crippen LogP contribution in [-0.2, 0) is 47.3 Å². The predicted octanol–water partition coefficient (Wildman–Crippen LogP) is 8.34. The zero-order valence-corrected chi connectivity index (χ0v) is 45.9. The fourth-order valence-electron chi connectivity index (χ4n) is 5.97. The summed E-state index contributed by atoms with van der Waals surface area (Å²) < 4.78 is 42.5. The molecule has 420 valence electrons. The highest BCUT2D eigenvalue weighted by atomic mass is 31.2. The van der Waals surface area contributed by atoms with Gasteiger partial charge in [-0.1, -0.05) is 48.5 Å². The molecule has 0 aliphatic heterocycles. The van der Waals surface area contributed by atoms with E-state index in [1.165, 1.54) is 43.3 Å². The molecule has 2 unspecified atom stereocenters. The first-order valence-electron chi connectivity index (χ1n) is 24.1. The molecule has 0 saturated carbocycles. The molecule has 3 atom stereocenters. The summed E-state index contributed by atoms with van der Waals surface area (Å²) in [4.78, 5) is 126. The Morgan fingerprint density at radius 1 is 0.628 bits per heavy atom. The van der Waals surface area contributed by atoms with Crippen LogP contribution in [0.2, 0.25) is 0 Å². The van der Waals surface area contributed by atoms with Crippen LogP contribution < -0.4 is 29.2 Å². The summed E-state index contributed by atoms with van der Waals surface area (Å²) in [7, 11) is -2.92. The van der Waals surface area contributed by atoms with Crippen molar-refractivity contribution in [3.05, 3.63) is 124 Å². The van der Waals surface area contributed by atoms with Crippen molar-refractivity contribution in [1.82, 2.24) is 10.6 Å². The summed E-state index contributed by atoms with van der Waals surface area (Å²) >= 11 is 0. The maximum atomic E-state index is 12.8. The van der Waals surface area contributed by atoms with Crippen molar-refractivity contribution in [1.29, 1.82) is 0 Å². The lowest BCUT2D eigenvalue weighted by atomic mass is 10.0. The molecule has 25 heteroatoms. The van der Waals surface area contributed by atoms with Crippen LogP contribution in [-0.4, -0.2) is 116 Å². The summed E-state index contributed by atoms with van der Waals surface area (Å²) in [6, 6.07) is 25.7. The van der Waals surface area contributed by atoms with Crippen LogP contribution >= 0.6 is 16.8 Å². The van der Waals surface area contributed by atoms with E-state index >= 15 is 0 Å². The van der Waals surface area contributed by atoms with Gasteiger partial charge in [0.05, 0.1) is 24.9 Å². The minimum atomic E-state index is -1.60. The van der Waals surface area contributed by atoms with E-state index in [2.05, 4.69) is 20.5 Å². The SMILES string of the molecule is CC(=O)Oc1cc(C(=O)CCC(=O)N=O)ccc1C(=O)NCCP(Oc1ccccc1)OC(C)C.CCOC(=O)[C@H](C)OP(CCNC(=O)CCC(=O)c1ccc(C(=O)O)c(OC(C)=O)c1)Oc1ccccc1.CCOC=O. The number of nitrogens with one attached hydrogen (secondary N) is 2. The van der Waals surface area contributed by atoms with Gasteiger partial charge in [0, 0.05) is 81.2 Å². The first kappa shape index (κ1) is 66.3. The highest BCUT2D eigenvalue weighted by Gasteiger charge is 2.24. The van der Waals surface area contributed by atoms with E-state index in [9.17, 15) is 58.0 Å². The molecule has 0 spiro atoms. The van der Waals surface area contributed by atoms with E-state index in [1.54, 1.807) is 45.0 Å². The first-order chi connectivity index (χ1) is 37.2. The third-order valence-electron chi connectivity index (χ3n) is 9.39. The van der Waals surface area contributed by atoms with Gasteiger partial charge in [-0.3, -0.25) is 38.4 Å². The molecule has 78 heavy (non-hydrogen) atoms. The normalized spacial score (nSPS) is 11.4. The summed E-state index contributed by atoms with van der Waals surface area (Å²) in [5, 5.41) is 16.9. The number of hydrogen-bond donors (Lipinski definition) is 3. The Kier molecular flexibility index (Phi) is 31.5. The highest BCUT2D eigenvalue weighted by molar-refractivity contribution is 7.48. The quantitative estimate of drug-likeness (QED) is 0.0110. The van der Waals surface area contributed by atoms with Crippen LogP contribution in [0.1, 0.15) is 116 Å². The van der Waals surface area contributed by atoms with E-state index in [0.29, 0.717) is 30.7 Å². The lowest BCUT2D eigenvalue weighted by molar-refractivity contribution is -0.150. The highest BCUT2D eigenvalue weighted by Crippen LogP contribution is 2.41. The summed E-state index contributed by atoms with van der Waals surface area (Å²) in [5.41, 5.74) is 0.0328. The number of esters is 3. The van der Waals surface area contributed by atoms with Crippen molar-refractivity contribution < 1.29 is 90.1 Å². The van der Waals surface area contributed by atoms with E-state index in [0.717, 1.165) is 6.92 Å². The largest absolute Gasteiger partial charge is 0.478 e. The average molecular weight is 1120 g/mol. The van der Waals surface area contributed by atoms with Gasteiger partial charge >= 0.3 is 23.9 Å². The monoisotopic (exact) mass is 1120 g/mol. The molecule has 23 nitrogen and oxygen atoms in total. The van der Waals surface area contributed by atoms with Gasteiger partial charge in [0.2, 0.25) is 22.7 Å². The topological polar surface area (TPSA) is 318 Å². The number of benzene rings is 4. The number of nitroso groups, excluding NO2 is 1. The molecule has 3 N–H and O–H groups in total. The number of hydrogen-bond acceptors (Lipinski definition) is 19. The van der Waals surface area contributed by atoms with Gasteiger partial charge < -0.3 is 52.8 Å². The van der Waals surface area contributed by atoms with Crippen LogP contribution in [0.4, 0.5) is 0 Å². The first-order valence-corrected chi connectivity index (χ1v) is 26.9.